The second-order valence-corrected chi connectivity index (χ2v) is 3.80. The van der Waals surface area contributed by atoms with Crippen molar-refractivity contribution >= 4 is 5.97 Å². The van der Waals surface area contributed by atoms with Crippen molar-refractivity contribution in [2.75, 3.05) is 0 Å². The molecule has 0 fully saturated rings. The van der Waals surface area contributed by atoms with Crippen LogP contribution in [-0.4, -0.2) is 22.4 Å². The van der Waals surface area contributed by atoms with E-state index in [9.17, 15) is 23.1 Å². The largest absolute Gasteiger partial charge is 0.480 e. The zero-order valence-corrected chi connectivity index (χ0v) is 9.39. The zero-order chi connectivity index (χ0) is 14.1. The Kier molecular flexibility index (Phi) is 3.05. The van der Waals surface area contributed by atoms with Gasteiger partial charge in [0.2, 0.25) is 5.41 Å². The molecule has 1 aromatic carbocycles. The van der Waals surface area contributed by atoms with Gasteiger partial charge in [0, 0.05) is 6.07 Å². The zero-order valence-electron chi connectivity index (χ0n) is 9.39. The molecule has 1 N–H and O–H groups in total. The monoisotopic (exact) mass is 271 g/mol. The normalized spacial score (nSPS) is 14.9. The third-order valence-electron chi connectivity index (χ3n) is 2.76. The first-order valence-electron chi connectivity index (χ1n) is 5.17. The van der Waals surface area contributed by atoms with E-state index in [0.29, 0.717) is 0 Å². The highest BCUT2D eigenvalue weighted by atomic mass is 19.4. The molecule has 2 aromatic rings. The van der Waals surface area contributed by atoms with Gasteiger partial charge in [0.25, 0.3) is 0 Å². The van der Waals surface area contributed by atoms with Crippen LogP contribution in [0.4, 0.5) is 13.2 Å². The highest BCUT2D eigenvalue weighted by Gasteiger charge is 2.65. The number of carboxylic acid groups (broad SMARTS) is 1. The molecule has 1 unspecified atom stereocenters. The maximum atomic E-state index is 13.4. The van der Waals surface area contributed by atoms with E-state index in [1.807, 2.05) is 0 Å². The average molecular weight is 271 g/mol. The summed E-state index contributed by atoms with van der Waals surface area (Å²) in [5, 5.41) is 12.3. The molecule has 0 aliphatic carbocycles. The summed E-state index contributed by atoms with van der Waals surface area (Å²) in [7, 11) is 0. The van der Waals surface area contributed by atoms with Crippen molar-refractivity contribution in [3.63, 3.8) is 0 Å². The van der Waals surface area contributed by atoms with Gasteiger partial charge in [0.15, 0.2) is 5.76 Å². The van der Waals surface area contributed by atoms with Crippen molar-refractivity contribution in [2.24, 2.45) is 0 Å². The number of hydrogen-bond acceptors (Lipinski definition) is 3. The van der Waals surface area contributed by atoms with E-state index < -0.39 is 28.9 Å². The SMILES string of the molecule is O=C(O)C(c1ccccc1)(c1ccno1)C(F)(F)F. The molecule has 0 saturated heterocycles. The number of aromatic nitrogens is 1. The number of aliphatic carboxylic acids is 1. The first-order chi connectivity index (χ1) is 8.90. The van der Waals surface area contributed by atoms with Gasteiger partial charge < -0.3 is 9.63 Å². The van der Waals surface area contributed by atoms with Crippen molar-refractivity contribution in [3.05, 3.63) is 53.9 Å². The van der Waals surface area contributed by atoms with Gasteiger partial charge in [-0.15, -0.1) is 0 Å². The van der Waals surface area contributed by atoms with Crippen molar-refractivity contribution in [2.45, 2.75) is 11.6 Å². The molecule has 0 amide bonds. The van der Waals surface area contributed by atoms with E-state index >= 15 is 0 Å². The molecule has 0 saturated carbocycles. The van der Waals surface area contributed by atoms with E-state index in [2.05, 4.69) is 9.68 Å². The van der Waals surface area contributed by atoms with Crippen LogP contribution in [0, 0.1) is 0 Å². The van der Waals surface area contributed by atoms with Crippen LogP contribution < -0.4 is 0 Å². The quantitative estimate of drug-likeness (QED) is 0.932. The molecule has 0 aliphatic rings. The maximum absolute atomic E-state index is 13.4. The minimum absolute atomic E-state index is 0.438. The van der Waals surface area contributed by atoms with Gasteiger partial charge in [0.1, 0.15) is 0 Å². The molecule has 2 rings (SSSR count). The summed E-state index contributed by atoms with van der Waals surface area (Å²) in [5.74, 6) is -2.85. The highest BCUT2D eigenvalue weighted by Crippen LogP contribution is 2.46. The second kappa shape index (κ2) is 4.42. The Labute approximate surface area is 105 Å². The fourth-order valence-corrected chi connectivity index (χ4v) is 1.89. The number of halogens is 3. The predicted octanol–water partition coefficient (Wildman–Crippen LogP) is 2.61. The van der Waals surface area contributed by atoms with Gasteiger partial charge in [-0.05, 0) is 5.56 Å². The minimum atomic E-state index is -5.07. The van der Waals surface area contributed by atoms with Gasteiger partial charge in [-0.25, -0.2) is 0 Å². The smallest absolute Gasteiger partial charge is 0.416 e. The molecular formula is C12H8F3NO3. The Hall–Kier alpha value is -2.31. The molecule has 1 heterocycles. The molecule has 0 aliphatic heterocycles. The first-order valence-corrected chi connectivity index (χ1v) is 5.17. The number of carboxylic acids is 1. The number of nitrogens with zero attached hydrogens (tertiary/aromatic N) is 1. The lowest BCUT2D eigenvalue weighted by Crippen LogP contribution is -2.50. The average Bonchev–Trinajstić information content (AvgIpc) is 2.83. The maximum Gasteiger partial charge on any atom is 0.416 e. The number of hydrogen-bond donors (Lipinski definition) is 1. The van der Waals surface area contributed by atoms with E-state index in [4.69, 9.17) is 0 Å². The Bertz CT molecular complexity index is 566. The summed E-state index contributed by atoms with van der Waals surface area (Å²) >= 11 is 0. The van der Waals surface area contributed by atoms with Crippen molar-refractivity contribution in [3.8, 4) is 0 Å². The number of alkyl halides is 3. The summed E-state index contributed by atoms with van der Waals surface area (Å²) in [5.41, 5.74) is -3.70. The topological polar surface area (TPSA) is 63.3 Å². The Morgan fingerprint density at radius 3 is 2.21 bits per heavy atom. The van der Waals surface area contributed by atoms with Crippen LogP contribution >= 0.6 is 0 Å². The fraction of sp³-hybridized carbons (Fsp3) is 0.167. The van der Waals surface area contributed by atoms with E-state index in [1.165, 1.54) is 18.2 Å². The van der Waals surface area contributed by atoms with Crippen LogP contribution in [0.5, 0.6) is 0 Å². The molecule has 19 heavy (non-hydrogen) atoms. The molecule has 0 bridgehead atoms. The predicted molar refractivity (Wildman–Crippen MR) is 57.4 cm³/mol. The van der Waals surface area contributed by atoms with Crippen LogP contribution in [0.1, 0.15) is 11.3 Å². The lowest BCUT2D eigenvalue weighted by molar-refractivity contribution is -0.199. The number of carbonyl (C=O) groups is 1. The Morgan fingerprint density at radius 1 is 1.16 bits per heavy atom. The van der Waals surface area contributed by atoms with Crippen LogP contribution in [0.2, 0.25) is 0 Å². The van der Waals surface area contributed by atoms with E-state index in [1.54, 1.807) is 0 Å². The third kappa shape index (κ3) is 1.87. The van der Waals surface area contributed by atoms with Gasteiger partial charge in [0.05, 0.1) is 6.20 Å². The van der Waals surface area contributed by atoms with Crippen LogP contribution in [0.3, 0.4) is 0 Å². The summed E-state index contributed by atoms with van der Waals surface area (Å²) in [6, 6.07) is 7.22. The molecule has 0 radical (unpaired) electrons. The van der Waals surface area contributed by atoms with E-state index in [-0.39, 0.29) is 0 Å². The van der Waals surface area contributed by atoms with Crippen molar-refractivity contribution < 1.29 is 27.6 Å². The summed E-state index contributed by atoms with van der Waals surface area (Å²) in [4.78, 5) is 11.4. The molecule has 1 aromatic heterocycles. The summed E-state index contributed by atoms with van der Waals surface area (Å²) < 4.78 is 44.7. The van der Waals surface area contributed by atoms with E-state index in [0.717, 1.165) is 24.4 Å². The van der Waals surface area contributed by atoms with Gasteiger partial charge >= 0.3 is 12.1 Å². The van der Waals surface area contributed by atoms with Crippen LogP contribution in [-0.2, 0) is 10.2 Å². The van der Waals surface area contributed by atoms with Crippen LogP contribution in [0.25, 0.3) is 0 Å². The standard InChI is InChI=1S/C12H8F3NO3/c13-12(14,15)11(10(17)18,9-6-7-16-19-9)8-4-2-1-3-5-8/h1-7H,(H,17,18). The van der Waals surface area contributed by atoms with Gasteiger partial charge in [-0.1, -0.05) is 35.5 Å². The molecular weight excluding hydrogens is 263 g/mol. The number of rotatable bonds is 3. The minimum Gasteiger partial charge on any atom is -0.480 e. The Balaban J connectivity index is 2.79. The fourth-order valence-electron chi connectivity index (χ4n) is 1.89. The molecule has 1 atom stereocenters. The van der Waals surface area contributed by atoms with Crippen molar-refractivity contribution in [1.82, 2.24) is 5.16 Å². The third-order valence-corrected chi connectivity index (χ3v) is 2.76. The number of benzene rings is 1. The lowest BCUT2D eigenvalue weighted by atomic mass is 9.77. The first kappa shape index (κ1) is 13.1. The molecule has 7 heteroatoms. The summed E-state index contributed by atoms with van der Waals surface area (Å²) in [6.45, 7) is 0. The highest BCUT2D eigenvalue weighted by molar-refractivity contribution is 5.86. The van der Waals surface area contributed by atoms with Crippen LogP contribution in [0.15, 0.2) is 47.1 Å². The Morgan fingerprint density at radius 2 is 1.79 bits per heavy atom. The molecule has 4 nitrogen and oxygen atoms in total. The second-order valence-electron chi connectivity index (χ2n) is 3.80. The van der Waals surface area contributed by atoms with Crippen molar-refractivity contribution in [1.29, 1.82) is 0 Å². The summed E-state index contributed by atoms with van der Waals surface area (Å²) in [6.07, 6.45) is -4.10. The lowest BCUT2D eigenvalue weighted by Gasteiger charge is -2.29. The molecule has 100 valence electrons. The molecule has 0 spiro atoms. The van der Waals surface area contributed by atoms with Gasteiger partial charge in [-0.2, -0.15) is 13.2 Å². The van der Waals surface area contributed by atoms with Gasteiger partial charge in [-0.3, -0.25) is 4.79 Å².